The minimum atomic E-state index is -4.02. The Morgan fingerprint density at radius 1 is 0.897 bits per heavy atom. The Bertz CT molecular complexity index is 1830. The Hall–Kier alpha value is -4.70. The first kappa shape index (κ1) is 24.6. The fourth-order valence-electron chi connectivity index (χ4n) is 4.97. The Labute approximate surface area is 223 Å². The molecule has 0 radical (unpaired) electrons. The third-order valence-corrected chi connectivity index (χ3v) is 8.70. The van der Waals surface area contributed by atoms with Crippen LogP contribution in [0.1, 0.15) is 48.0 Å². The highest BCUT2D eigenvalue weighted by atomic mass is 32.2. The maximum atomic E-state index is 13.1. The summed E-state index contributed by atoms with van der Waals surface area (Å²) in [5, 5.41) is 0. The SMILES string of the molecule is Cc1cc(C(=O)COC(=O)c2ccc3c(c2)S(=O)(=O)c2ccccc2C3=O)c(C)n1-c1ccc2c(c1)OCO2. The molecule has 2 aliphatic heterocycles. The van der Waals surface area contributed by atoms with Gasteiger partial charge in [-0.3, -0.25) is 9.59 Å². The quantitative estimate of drug-likeness (QED) is 0.239. The molecule has 39 heavy (non-hydrogen) atoms. The topological polar surface area (TPSA) is 118 Å². The lowest BCUT2D eigenvalue weighted by molar-refractivity contribution is 0.0474. The number of ketones is 2. The van der Waals surface area contributed by atoms with E-state index >= 15 is 0 Å². The molecule has 4 aromatic rings. The highest BCUT2D eigenvalue weighted by Gasteiger charge is 2.35. The van der Waals surface area contributed by atoms with E-state index in [0.717, 1.165) is 17.4 Å². The van der Waals surface area contributed by atoms with Crippen molar-refractivity contribution in [1.29, 1.82) is 0 Å². The van der Waals surface area contributed by atoms with E-state index in [1.165, 1.54) is 30.3 Å². The lowest BCUT2D eigenvalue weighted by Crippen LogP contribution is -2.21. The lowest BCUT2D eigenvalue weighted by Gasteiger charge is -2.19. The molecule has 196 valence electrons. The van der Waals surface area contributed by atoms with Gasteiger partial charge in [-0.05, 0) is 62.4 Å². The van der Waals surface area contributed by atoms with Crippen LogP contribution in [0, 0.1) is 13.8 Å². The summed E-state index contributed by atoms with van der Waals surface area (Å²) in [6.45, 7) is 3.25. The number of nitrogens with zero attached hydrogens (tertiary/aromatic N) is 1. The number of carbonyl (C=O) groups excluding carboxylic acids is 3. The van der Waals surface area contributed by atoms with Crippen molar-refractivity contribution in [3.63, 3.8) is 0 Å². The van der Waals surface area contributed by atoms with Crippen molar-refractivity contribution in [2.45, 2.75) is 23.6 Å². The van der Waals surface area contributed by atoms with E-state index in [-0.39, 0.29) is 33.3 Å². The molecule has 0 saturated carbocycles. The van der Waals surface area contributed by atoms with Crippen molar-refractivity contribution in [3.05, 3.63) is 100 Å². The standard InChI is InChI=1S/C29H21NO8S/c1-16-11-22(17(2)30(16)19-8-10-24-25(13-19)38-15-37-24)23(31)14-36-29(33)18-7-9-21-27(12-18)39(34,35)26-6-4-3-5-20(26)28(21)32/h3-13H,14-15H2,1-2H3. The molecule has 0 amide bonds. The molecule has 0 unspecified atom stereocenters. The van der Waals surface area contributed by atoms with Crippen molar-refractivity contribution < 1.29 is 37.0 Å². The van der Waals surface area contributed by atoms with Gasteiger partial charge in [0.05, 0.1) is 15.4 Å². The Morgan fingerprint density at radius 2 is 1.64 bits per heavy atom. The maximum absolute atomic E-state index is 13.1. The zero-order valence-corrected chi connectivity index (χ0v) is 21.7. The first-order valence-electron chi connectivity index (χ1n) is 12.0. The van der Waals surface area contributed by atoms with Crippen LogP contribution in [-0.2, 0) is 14.6 Å². The first-order chi connectivity index (χ1) is 18.7. The van der Waals surface area contributed by atoms with Crippen LogP contribution in [0.5, 0.6) is 11.5 Å². The number of fused-ring (bicyclic) bond motifs is 3. The number of ether oxygens (including phenoxy) is 3. The molecule has 3 aromatic carbocycles. The van der Waals surface area contributed by atoms with Crippen LogP contribution in [0.4, 0.5) is 0 Å². The molecule has 0 saturated heterocycles. The number of aryl methyl sites for hydroxylation is 1. The van der Waals surface area contributed by atoms with Crippen LogP contribution in [0.3, 0.4) is 0 Å². The first-order valence-corrected chi connectivity index (χ1v) is 13.5. The molecule has 2 aliphatic rings. The Morgan fingerprint density at radius 3 is 2.46 bits per heavy atom. The third-order valence-electron chi connectivity index (χ3n) is 6.85. The zero-order valence-electron chi connectivity index (χ0n) is 20.9. The van der Waals surface area contributed by atoms with Gasteiger partial charge in [-0.2, -0.15) is 0 Å². The van der Waals surface area contributed by atoms with E-state index < -0.39 is 34.0 Å². The zero-order chi connectivity index (χ0) is 27.5. The van der Waals surface area contributed by atoms with Gasteiger partial charge in [0.2, 0.25) is 22.4 Å². The minimum absolute atomic E-state index is 0.0164. The molecule has 10 heteroatoms. The summed E-state index contributed by atoms with van der Waals surface area (Å²) < 4.78 is 44.2. The van der Waals surface area contributed by atoms with Crippen LogP contribution in [0.2, 0.25) is 0 Å². The summed E-state index contributed by atoms with van der Waals surface area (Å²) in [7, 11) is -4.02. The fraction of sp³-hybridized carbons (Fsp3) is 0.138. The maximum Gasteiger partial charge on any atom is 0.338 e. The second-order valence-corrected chi connectivity index (χ2v) is 11.1. The van der Waals surface area contributed by atoms with Gasteiger partial charge in [-0.15, -0.1) is 0 Å². The van der Waals surface area contributed by atoms with Crippen molar-refractivity contribution in [1.82, 2.24) is 4.57 Å². The predicted molar refractivity (Wildman–Crippen MR) is 138 cm³/mol. The predicted octanol–water partition coefficient (Wildman–Crippen LogP) is 4.24. The second-order valence-electron chi connectivity index (χ2n) is 9.20. The highest BCUT2D eigenvalue weighted by Crippen LogP contribution is 2.36. The van der Waals surface area contributed by atoms with Crippen molar-refractivity contribution in [2.24, 2.45) is 0 Å². The number of aromatic nitrogens is 1. The van der Waals surface area contributed by atoms with Gasteiger partial charge in [-0.1, -0.05) is 12.1 Å². The van der Waals surface area contributed by atoms with E-state index in [9.17, 15) is 22.8 Å². The molecule has 0 spiro atoms. The molecule has 0 atom stereocenters. The summed E-state index contributed by atoms with van der Waals surface area (Å²) in [4.78, 5) is 38.3. The van der Waals surface area contributed by atoms with Crippen LogP contribution in [0.25, 0.3) is 5.69 Å². The van der Waals surface area contributed by atoms with E-state index in [1.54, 1.807) is 25.1 Å². The number of esters is 1. The summed E-state index contributed by atoms with van der Waals surface area (Å²) in [5.41, 5.74) is 2.62. The number of hydrogen-bond donors (Lipinski definition) is 0. The van der Waals surface area contributed by atoms with Gasteiger partial charge < -0.3 is 18.8 Å². The van der Waals surface area contributed by atoms with Crippen molar-refractivity contribution in [2.75, 3.05) is 13.4 Å². The highest BCUT2D eigenvalue weighted by molar-refractivity contribution is 7.91. The lowest BCUT2D eigenvalue weighted by atomic mass is 10.0. The number of hydrogen-bond acceptors (Lipinski definition) is 8. The molecule has 9 nitrogen and oxygen atoms in total. The second kappa shape index (κ2) is 8.95. The summed E-state index contributed by atoms with van der Waals surface area (Å²) in [5.74, 6) is -0.481. The summed E-state index contributed by atoms with van der Waals surface area (Å²) in [6, 6.07) is 16.9. The number of rotatable bonds is 5. The van der Waals surface area contributed by atoms with Gasteiger partial charge in [0, 0.05) is 39.8 Å². The molecule has 0 fully saturated rings. The molecule has 3 heterocycles. The molecule has 0 aliphatic carbocycles. The van der Waals surface area contributed by atoms with Crippen LogP contribution >= 0.6 is 0 Å². The fourth-order valence-corrected chi connectivity index (χ4v) is 6.65. The molecule has 6 rings (SSSR count). The van der Waals surface area contributed by atoms with Crippen molar-refractivity contribution in [3.8, 4) is 17.2 Å². The van der Waals surface area contributed by atoms with E-state index in [4.69, 9.17) is 14.2 Å². The molecule has 0 N–H and O–H groups in total. The van der Waals surface area contributed by atoms with Crippen LogP contribution < -0.4 is 9.47 Å². The van der Waals surface area contributed by atoms with Crippen LogP contribution in [0.15, 0.2) is 76.5 Å². The normalized spacial score (nSPS) is 14.5. The number of sulfone groups is 1. The van der Waals surface area contributed by atoms with Crippen molar-refractivity contribution >= 4 is 27.4 Å². The minimum Gasteiger partial charge on any atom is -0.454 e. The van der Waals surface area contributed by atoms with Crippen LogP contribution in [-0.4, -0.2) is 43.9 Å². The van der Waals surface area contributed by atoms with E-state index in [0.29, 0.717) is 22.8 Å². The smallest absolute Gasteiger partial charge is 0.338 e. The average Bonchev–Trinajstić information content (AvgIpc) is 3.53. The van der Waals surface area contributed by atoms with Gasteiger partial charge in [0.25, 0.3) is 0 Å². The summed E-state index contributed by atoms with van der Waals surface area (Å²) >= 11 is 0. The van der Waals surface area contributed by atoms with Gasteiger partial charge in [0.1, 0.15) is 0 Å². The molecular weight excluding hydrogens is 522 g/mol. The number of carbonyl (C=O) groups is 3. The molecule has 1 aromatic heterocycles. The molecular formula is C29H21NO8S. The number of benzene rings is 3. The van der Waals surface area contributed by atoms with Gasteiger partial charge in [0.15, 0.2) is 23.9 Å². The van der Waals surface area contributed by atoms with E-state index in [1.807, 2.05) is 23.6 Å². The number of Topliss-reactive ketones (excluding diaryl/α,β-unsaturated/α-hetero) is 1. The van der Waals surface area contributed by atoms with E-state index in [2.05, 4.69) is 0 Å². The average molecular weight is 544 g/mol. The van der Waals surface area contributed by atoms with Gasteiger partial charge in [-0.25, -0.2) is 13.2 Å². The van der Waals surface area contributed by atoms with Gasteiger partial charge >= 0.3 is 5.97 Å². The third kappa shape index (κ3) is 3.91. The molecule has 0 bridgehead atoms. The Kier molecular flexibility index (Phi) is 5.65. The summed E-state index contributed by atoms with van der Waals surface area (Å²) in [6.07, 6.45) is 0. The monoisotopic (exact) mass is 543 g/mol. The largest absolute Gasteiger partial charge is 0.454 e. The Balaban J connectivity index is 1.22.